The second-order valence-corrected chi connectivity index (χ2v) is 24.8. The molecule has 2 heterocycles. The van der Waals surface area contributed by atoms with Crippen molar-refractivity contribution in [2.45, 2.75) is 214 Å². The fraction of sp³-hybridized carbons (Fsp3) is 0.552. The van der Waals surface area contributed by atoms with Crippen molar-refractivity contribution < 1.29 is 73.8 Å². The molecule has 0 spiro atoms. The molecule has 0 fully saturated rings. The first-order valence-electron chi connectivity index (χ1n) is 28.7. The Labute approximate surface area is 486 Å². The largest absolute Gasteiger partial charge is 0.507 e. The molecular weight excluding hydrogens is 1040 g/mol. The van der Waals surface area contributed by atoms with Crippen LogP contribution >= 0.6 is 0 Å². The van der Waals surface area contributed by atoms with Crippen molar-refractivity contribution in [3.05, 3.63) is 121 Å². The minimum atomic E-state index is -0.955. The molecule has 2 atom stereocenters. The van der Waals surface area contributed by atoms with Gasteiger partial charge in [-0.15, -0.1) is 0 Å². The van der Waals surface area contributed by atoms with Gasteiger partial charge in [-0.2, -0.15) is 0 Å². The molecule has 15 nitrogen and oxygen atoms in total. The number of aryl methyl sites for hydroxylation is 1. The number of phenolic OH excluding ortho intramolecular Hbond substituents is 1. The van der Waals surface area contributed by atoms with E-state index < -0.39 is 34.6 Å². The summed E-state index contributed by atoms with van der Waals surface area (Å²) in [5.41, 5.74) is 6.34. The van der Waals surface area contributed by atoms with Gasteiger partial charge in [-0.1, -0.05) is 41.5 Å². The van der Waals surface area contributed by atoms with Gasteiger partial charge in [-0.3, -0.25) is 9.59 Å². The van der Waals surface area contributed by atoms with Crippen molar-refractivity contribution in [1.82, 2.24) is 0 Å². The first-order valence-corrected chi connectivity index (χ1v) is 28.7. The number of carbonyl (C=O) groups is 2. The maximum absolute atomic E-state index is 13.7. The number of benzene rings is 4. The lowest BCUT2D eigenvalue weighted by Gasteiger charge is -2.30. The Kier molecular flexibility index (Phi) is 23.3. The van der Waals surface area contributed by atoms with Crippen LogP contribution in [0.5, 0.6) is 40.2 Å². The normalized spacial score (nSPS) is 15.9. The Bertz CT molecular complexity index is 2920. The van der Waals surface area contributed by atoms with E-state index >= 15 is 0 Å². The number of allylic oxidation sites excluding steroid dienone is 4. The number of ether oxygens (including phenoxy) is 6. The van der Waals surface area contributed by atoms with Crippen molar-refractivity contribution >= 4 is 11.6 Å². The lowest BCUT2D eigenvalue weighted by molar-refractivity contribution is 0.0683. The van der Waals surface area contributed by atoms with E-state index in [1.165, 1.54) is 18.3 Å². The first kappa shape index (κ1) is 66.9. The summed E-state index contributed by atoms with van der Waals surface area (Å²) in [6, 6.07) is 11.0. The van der Waals surface area contributed by atoms with Crippen LogP contribution in [0.1, 0.15) is 216 Å². The minimum Gasteiger partial charge on any atom is -0.507 e. The number of hydrogen-bond donors (Lipinski definition) is 7. The van der Waals surface area contributed by atoms with Crippen molar-refractivity contribution in [3.8, 4) is 40.2 Å². The number of ketones is 2. The quantitative estimate of drug-likeness (QED) is 0.0290. The topological polar surface area (TPSA) is 231 Å². The lowest BCUT2D eigenvalue weighted by Crippen LogP contribution is -2.24. The first-order chi connectivity index (χ1) is 38.4. The predicted molar refractivity (Wildman–Crippen MR) is 319 cm³/mol. The average Bonchev–Trinajstić information content (AvgIpc) is 2.30. The standard InChI is InChI=1S/C34H48O8.C33H46O7/c1-21(10-9-16-33(2,3)37)11-12-25-24(13-14-27(39-6)31(25)40-7)28-19-26(36)30-29(42-28)18-22(20-35)23(32(30)41-8)15-17-34(4,5)38;1-20(9-8-15-32(3,4)37)10-12-25-24(13-11-21(2)31(25)39-7)27-18-26(35)29-28(40-27)17-22(19-34)23(30(29)36)14-16-33(5,6)38/h11,13-14,18,28,35,37-38H,9-10,12,15-17,19-20H2,1-8H3;10-11,13,17,27,34,36-38H,8-9,12,14-16,18-19H2,1-7H3/b21-11+;20-10+/t28-;27-/m00/s1. The molecule has 6 rings (SSSR count). The van der Waals surface area contributed by atoms with Gasteiger partial charge in [-0.25, -0.2) is 0 Å². The highest BCUT2D eigenvalue weighted by molar-refractivity contribution is 6.04. The van der Waals surface area contributed by atoms with Crippen molar-refractivity contribution in [2.24, 2.45) is 0 Å². The molecule has 0 unspecified atom stereocenters. The van der Waals surface area contributed by atoms with E-state index in [9.17, 15) is 45.3 Å². The number of Topliss-reactive ketones (excluding diaryl/α,β-unsaturated/α-hetero) is 2. The molecule has 0 amide bonds. The average molecular weight is 1140 g/mol. The molecule has 7 N–H and O–H groups in total. The highest BCUT2D eigenvalue weighted by atomic mass is 16.5. The summed E-state index contributed by atoms with van der Waals surface area (Å²) >= 11 is 0. The van der Waals surface area contributed by atoms with Crippen molar-refractivity contribution in [1.29, 1.82) is 0 Å². The van der Waals surface area contributed by atoms with Crippen molar-refractivity contribution in [2.75, 3.05) is 28.4 Å². The Balaban J connectivity index is 0.000000301. The van der Waals surface area contributed by atoms with E-state index in [1.807, 2.05) is 58.9 Å². The number of methoxy groups -OCH3 is 4. The molecule has 4 aromatic carbocycles. The Morgan fingerprint density at radius 3 is 1.41 bits per heavy atom. The van der Waals surface area contributed by atoms with Crippen LogP contribution in [0.2, 0.25) is 0 Å². The summed E-state index contributed by atoms with van der Waals surface area (Å²) in [7, 11) is 6.33. The molecule has 15 heteroatoms. The molecular formula is C67H94O15. The fourth-order valence-corrected chi connectivity index (χ4v) is 10.8. The smallest absolute Gasteiger partial charge is 0.174 e. The van der Waals surface area contributed by atoms with Crippen LogP contribution in [0.3, 0.4) is 0 Å². The molecule has 2 aliphatic rings. The van der Waals surface area contributed by atoms with Gasteiger partial charge in [0.15, 0.2) is 23.1 Å². The third-order valence-electron chi connectivity index (χ3n) is 15.4. The number of carbonyl (C=O) groups excluding carboxylic acids is 2. The van der Waals surface area contributed by atoms with Crippen molar-refractivity contribution in [3.63, 3.8) is 0 Å². The molecule has 82 heavy (non-hydrogen) atoms. The number of aliphatic hydroxyl groups excluding tert-OH is 2. The minimum absolute atomic E-state index is 0.0530. The third kappa shape index (κ3) is 18.0. The molecule has 0 bridgehead atoms. The molecule has 0 aromatic heterocycles. The SMILES string of the molecule is COc1c(C)ccc([C@@H]2CC(=O)c3c(cc(CO)c(CCC(C)(C)O)c3O)O2)c1C/C=C(\C)CCCC(C)(C)O.COc1ccc([C@@H]2CC(=O)c3c(cc(CO)c(CCC(C)(C)O)c3OC)O2)c(C/C=C(\C)CCCC(C)(C)O)c1OC. The van der Waals surface area contributed by atoms with E-state index in [-0.39, 0.29) is 54.7 Å². The predicted octanol–water partition coefficient (Wildman–Crippen LogP) is 12.1. The zero-order chi connectivity index (χ0) is 61.1. The number of phenols is 1. The van der Waals surface area contributed by atoms with Gasteiger partial charge in [0.05, 0.1) is 76.9 Å². The third-order valence-corrected chi connectivity index (χ3v) is 15.4. The Morgan fingerprint density at radius 2 is 0.976 bits per heavy atom. The molecule has 0 aliphatic carbocycles. The number of hydrogen-bond acceptors (Lipinski definition) is 15. The highest BCUT2D eigenvalue weighted by Gasteiger charge is 2.37. The molecule has 0 saturated carbocycles. The van der Waals surface area contributed by atoms with E-state index in [0.29, 0.717) is 95.8 Å². The molecule has 0 saturated heterocycles. The summed E-state index contributed by atoms with van der Waals surface area (Å²) in [6.07, 6.45) is 10.9. The van der Waals surface area contributed by atoms with E-state index in [4.69, 9.17) is 28.4 Å². The summed E-state index contributed by atoms with van der Waals surface area (Å²) in [5.74, 6) is 2.40. The molecule has 0 radical (unpaired) electrons. The van der Waals surface area contributed by atoms with E-state index in [2.05, 4.69) is 26.0 Å². The van der Waals surface area contributed by atoms with Gasteiger partial charge in [0.25, 0.3) is 0 Å². The second kappa shape index (κ2) is 28.6. The summed E-state index contributed by atoms with van der Waals surface area (Å²) in [4.78, 5) is 27.1. The van der Waals surface area contributed by atoms with Crippen LogP contribution in [0.4, 0.5) is 0 Å². The van der Waals surface area contributed by atoms with Crippen LogP contribution < -0.4 is 28.4 Å². The van der Waals surface area contributed by atoms with Crippen LogP contribution in [0.25, 0.3) is 0 Å². The zero-order valence-electron chi connectivity index (χ0n) is 51.5. The highest BCUT2D eigenvalue weighted by Crippen LogP contribution is 2.48. The number of aromatic hydroxyl groups is 1. The monoisotopic (exact) mass is 1140 g/mol. The lowest BCUT2D eigenvalue weighted by atomic mass is 9.87. The van der Waals surface area contributed by atoms with E-state index in [0.717, 1.165) is 65.7 Å². The number of rotatable bonds is 26. The van der Waals surface area contributed by atoms with Gasteiger partial charge < -0.3 is 64.2 Å². The molecule has 452 valence electrons. The second-order valence-electron chi connectivity index (χ2n) is 24.8. The van der Waals surface area contributed by atoms with Gasteiger partial charge in [-0.05, 0) is 194 Å². The summed E-state index contributed by atoms with van der Waals surface area (Å²) in [6.45, 7) is 19.6. The fourth-order valence-electron chi connectivity index (χ4n) is 10.8. The maximum Gasteiger partial charge on any atom is 0.174 e. The van der Waals surface area contributed by atoms with E-state index in [1.54, 1.807) is 61.2 Å². The van der Waals surface area contributed by atoms with Crippen LogP contribution in [0.15, 0.2) is 59.7 Å². The maximum atomic E-state index is 13.7. The van der Waals surface area contributed by atoms with Gasteiger partial charge >= 0.3 is 0 Å². The summed E-state index contributed by atoms with van der Waals surface area (Å²) in [5, 5.41) is 71.8. The van der Waals surface area contributed by atoms with Gasteiger partial charge in [0.1, 0.15) is 52.1 Å². The molecule has 4 aromatic rings. The van der Waals surface area contributed by atoms with Crippen LogP contribution in [0, 0.1) is 6.92 Å². The van der Waals surface area contributed by atoms with Crippen LogP contribution in [-0.2, 0) is 38.9 Å². The zero-order valence-corrected chi connectivity index (χ0v) is 51.5. The molecule has 2 aliphatic heterocycles. The Morgan fingerprint density at radius 1 is 0.561 bits per heavy atom. The number of aliphatic hydroxyl groups is 6. The van der Waals surface area contributed by atoms with Crippen LogP contribution in [-0.4, -0.2) is 98.2 Å². The number of fused-ring (bicyclic) bond motifs is 2. The van der Waals surface area contributed by atoms with Gasteiger partial charge in [0, 0.05) is 27.8 Å². The van der Waals surface area contributed by atoms with Gasteiger partial charge in [0.2, 0.25) is 0 Å². The summed E-state index contributed by atoms with van der Waals surface area (Å²) < 4.78 is 35.7. The Hall–Kier alpha value is -5.94.